The molecule has 0 fully saturated rings. The maximum absolute atomic E-state index is 9.20. The van der Waals surface area contributed by atoms with Crippen LogP contribution in [0, 0.1) is 22.7 Å². The van der Waals surface area contributed by atoms with E-state index < -0.39 is 7.56 Å². The zero-order valence-corrected chi connectivity index (χ0v) is 12.2. The Morgan fingerprint density at radius 1 is 0.933 bits per heavy atom. The van der Waals surface area contributed by atoms with E-state index in [0.717, 1.165) is 0 Å². The van der Waals surface area contributed by atoms with E-state index in [1.54, 1.807) is 24.3 Å². The Morgan fingerprint density at radius 2 is 1.40 bits per heavy atom. The number of nitrogens with zero attached hydrogens (tertiary/aromatic N) is 2. The van der Waals surface area contributed by atoms with Crippen LogP contribution >= 0.6 is 47.8 Å². The van der Waals surface area contributed by atoms with E-state index in [1.807, 2.05) is 18.2 Å². The van der Waals surface area contributed by atoms with Crippen LogP contribution in [0.25, 0.3) is 0 Å². The Bertz CT molecular complexity index is 409. The van der Waals surface area contributed by atoms with Crippen molar-refractivity contribution >= 4 is 47.8 Å². The molecule has 0 bridgehead atoms. The monoisotopic (exact) mass is 390 g/mol. The van der Waals surface area contributed by atoms with Gasteiger partial charge in [-0.3, -0.25) is 0 Å². The molecule has 1 aromatic rings. The van der Waals surface area contributed by atoms with E-state index in [9.17, 15) is 10.5 Å². The van der Waals surface area contributed by atoms with E-state index in [4.69, 9.17) is 0 Å². The van der Waals surface area contributed by atoms with Gasteiger partial charge in [0.1, 0.15) is 0 Å². The van der Waals surface area contributed by atoms with Crippen molar-refractivity contribution < 1.29 is 0 Å². The van der Waals surface area contributed by atoms with E-state index >= 15 is 0 Å². The fraction of sp³-hybridized carbons (Fsp3) is 0.200. The molecule has 0 radical (unpaired) electrons. The molecular weight excluding hydrogens is 388 g/mol. The molecule has 0 heterocycles. The van der Waals surface area contributed by atoms with Gasteiger partial charge in [0.25, 0.3) is 0 Å². The lowest BCUT2D eigenvalue weighted by Gasteiger charge is -2.27. The van der Waals surface area contributed by atoms with Gasteiger partial charge < -0.3 is 0 Å². The highest BCUT2D eigenvalue weighted by Crippen LogP contribution is 2.50. The highest BCUT2D eigenvalue weighted by molar-refractivity contribution is 9.39. The smallest absolute Gasteiger partial charge is 0.196 e. The third kappa shape index (κ3) is 2.25. The minimum Gasteiger partial charge on any atom is -0.196 e. The zero-order valence-electron chi connectivity index (χ0n) is 7.42. The summed E-state index contributed by atoms with van der Waals surface area (Å²) in [6, 6.07) is 12.9. The molecule has 0 saturated heterocycles. The van der Waals surface area contributed by atoms with Crippen LogP contribution in [-0.4, -0.2) is 2.14 Å². The van der Waals surface area contributed by atoms with Gasteiger partial charge in [-0.1, -0.05) is 78.1 Å². The van der Waals surface area contributed by atoms with E-state index in [0.29, 0.717) is 5.56 Å². The minimum absolute atomic E-state index is 0.626. The predicted octanol–water partition coefficient (Wildman–Crippen LogP) is 3.81. The molecule has 0 aliphatic carbocycles. The molecule has 15 heavy (non-hydrogen) atoms. The van der Waals surface area contributed by atoms with Gasteiger partial charge in [0.2, 0.25) is 5.41 Å². The standard InChI is InChI=1S/C10H5Br3N2/c11-10(12,13)9(6-14,7-15)8-4-2-1-3-5-8/h1-5H. The number of hydrogen-bond acceptors (Lipinski definition) is 2. The second kappa shape index (κ2) is 4.65. The largest absolute Gasteiger partial charge is 0.203 e. The second-order valence-electron chi connectivity index (χ2n) is 2.84. The SMILES string of the molecule is N#CC(C#N)(c1ccccc1)C(Br)(Br)Br. The second-order valence-corrected chi connectivity index (χ2v) is 9.60. The first kappa shape index (κ1) is 12.7. The number of benzene rings is 1. The average Bonchev–Trinajstić information content (AvgIpc) is 2.20. The van der Waals surface area contributed by atoms with Crippen LogP contribution in [0.2, 0.25) is 0 Å². The Hall–Kier alpha value is -0.360. The molecule has 1 rings (SSSR count). The predicted molar refractivity (Wildman–Crippen MR) is 68.9 cm³/mol. The lowest BCUT2D eigenvalue weighted by Crippen LogP contribution is -2.35. The first-order valence-corrected chi connectivity index (χ1v) is 6.30. The topological polar surface area (TPSA) is 47.6 Å². The molecule has 0 N–H and O–H groups in total. The van der Waals surface area contributed by atoms with Gasteiger partial charge >= 0.3 is 0 Å². The number of hydrogen-bond donors (Lipinski definition) is 0. The maximum Gasteiger partial charge on any atom is 0.203 e. The van der Waals surface area contributed by atoms with Crippen molar-refractivity contribution in [2.24, 2.45) is 0 Å². The minimum atomic E-state index is -1.33. The fourth-order valence-electron chi connectivity index (χ4n) is 1.13. The first-order valence-electron chi connectivity index (χ1n) is 3.92. The summed E-state index contributed by atoms with van der Waals surface area (Å²) in [4.78, 5) is 0. The van der Waals surface area contributed by atoms with Crippen molar-refractivity contribution in [3.8, 4) is 12.1 Å². The lowest BCUT2D eigenvalue weighted by molar-refractivity contribution is 0.767. The number of rotatable bonds is 1. The Balaban J connectivity index is 3.41. The summed E-state index contributed by atoms with van der Waals surface area (Å²) in [6.45, 7) is 0. The van der Waals surface area contributed by atoms with Crippen molar-refractivity contribution in [2.45, 2.75) is 7.56 Å². The van der Waals surface area contributed by atoms with Crippen molar-refractivity contribution in [1.29, 1.82) is 10.5 Å². The van der Waals surface area contributed by atoms with Gasteiger partial charge in [-0.15, -0.1) is 0 Å². The zero-order chi connectivity index (χ0) is 11.5. The van der Waals surface area contributed by atoms with E-state index in [1.165, 1.54) is 0 Å². The van der Waals surface area contributed by atoms with Gasteiger partial charge in [0, 0.05) is 0 Å². The molecule has 0 unspecified atom stereocenters. The van der Waals surface area contributed by atoms with Crippen LogP contribution < -0.4 is 0 Å². The summed E-state index contributed by atoms with van der Waals surface area (Å²) >= 11 is 9.74. The maximum atomic E-state index is 9.20. The average molecular weight is 393 g/mol. The van der Waals surface area contributed by atoms with Gasteiger partial charge in [-0.2, -0.15) is 10.5 Å². The summed E-state index contributed by atoms with van der Waals surface area (Å²) in [5.41, 5.74) is -0.700. The van der Waals surface area contributed by atoms with Gasteiger partial charge in [0.05, 0.1) is 12.1 Å². The van der Waals surface area contributed by atoms with Gasteiger partial charge in [0.15, 0.2) is 2.14 Å². The molecule has 0 aromatic heterocycles. The van der Waals surface area contributed by atoms with Crippen molar-refractivity contribution in [3.63, 3.8) is 0 Å². The molecule has 0 amide bonds. The first-order chi connectivity index (χ1) is 6.98. The van der Waals surface area contributed by atoms with Crippen molar-refractivity contribution in [3.05, 3.63) is 35.9 Å². The summed E-state index contributed by atoms with van der Waals surface area (Å²) in [5.74, 6) is 0. The molecule has 0 saturated carbocycles. The van der Waals surface area contributed by atoms with E-state index in [-0.39, 0.29) is 0 Å². The van der Waals surface area contributed by atoms with Crippen LogP contribution in [-0.2, 0) is 5.41 Å². The molecule has 0 aliphatic rings. The molecule has 76 valence electrons. The summed E-state index contributed by atoms with van der Waals surface area (Å²) in [7, 11) is 0. The molecule has 0 aliphatic heterocycles. The number of alkyl halides is 3. The van der Waals surface area contributed by atoms with E-state index in [2.05, 4.69) is 47.8 Å². The number of halogens is 3. The normalized spacial score (nSPS) is 11.5. The molecule has 5 heteroatoms. The highest BCUT2D eigenvalue weighted by Gasteiger charge is 2.49. The van der Waals surface area contributed by atoms with Gasteiger partial charge in [-0.05, 0) is 5.56 Å². The molecule has 0 spiro atoms. The fourth-order valence-corrected chi connectivity index (χ4v) is 2.35. The Kier molecular flexibility index (Phi) is 3.94. The highest BCUT2D eigenvalue weighted by atomic mass is 80.0. The van der Waals surface area contributed by atoms with Crippen molar-refractivity contribution in [2.75, 3.05) is 0 Å². The lowest BCUT2D eigenvalue weighted by atomic mass is 9.85. The molecule has 1 aromatic carbocycles. The molecule has 0 atom stereocenters. The summed E-state index contributed by atoms with van der Waals surface area (Å²) in [5, 5.41) is 18.4. The van der Waals surface area contributed by atoms with Crippen LogP contribution in [0.15, 0.2) is 30.3 Å². The van der Waals surface area contributed by atoms with Crippen LogP contribution in [0.4, 0.5) is 0 Å². The van der Waals surface area contributed by atoms with Gasteiger partial charge in [-0.25, -0.2) is 0 Å². The third-order valence-corrected chi connectivity index (χ3v) is 3.75. The third-order valence-electron chi connectivity index (χ3n) is 1.97. The molecule has 2 nitrogen and oxygen atoms in total. The van der Waals surface area contributed by atoms with Crippen LogP contribution in [0.5, 0.6) is 0 Å². The quantitative estimate of drug-likeness (QED) is 0.682. The van der Waals surface area contributed by atoms with Crippen LogP contribution in [0.1, 0.15) is 5.56 Å². The Morgan fingerprint density at radius 3 is 1.73 bits per heavy atom. The Labute approximate surface area is 113 Å². The summed E-state index contributed by atoms with van der Waals surface area (Å²) < 4.78 is -0.967. The number of nitriles is 2. The molecular formula is C10H5Br3N2. The van der Waals surface area contributed by atoms with Crippen molar-refractivity contribution in [1.82, 2.24) is 0 Å². The van der Waals surface area contributed by atoms with Crippen LogP contribution in [0.3, 0.4) is 0 Å². The summed E-state index contributed by atoms with van der Waals surface area (Å²) in [6.07, 6.45) is 0.